The quantitative estimate of drug-likeness (QED) is 0.835. The average Bonchev–Trinajstić information content (AvgIpc) is 3.26. The largest absolute Gasteiger partial charge is 0.444 e. The highest BCUT2D eigenvalue weighted by atomic mass is 32.2. The highest BCUT2D eigenvalue weighted by molar-refractivity contribution is 7.92. The third kappa shape index (κ3) is 3.15. The van der Waals surface area contributed by atoms with Crippen LogP contribution in [0.25, 0.3) is 0 Å². The molecule has 1 unspecified atom stereocenters. The molecule has 0 spiro atoms. The molecule has 2 aliphatic rings. The van der Waals surface area contributed by atoms with Crippen molar-refractivity contribution < 1.29 is 22.7 Å². The molecular formula is C17H23NO5S. The van der Waals surface area contributed by atoms with E-state index in [1.165, 1.54) is 12.0 Å². The molecule has 132 valence electrons. The lowest BCUT2D eigenvalue weighted by Gasteiger charge is -2.27. The second-order valence-corrected chi connectivity index (χ2v) is 9.53. The van der Waals surface area contributed by atoms with Gasteiger partial charge in [0.05, 0.1) is 16.7 Å². The summed E-state index contributed by atoms with van der Waals surface area (Å²) in [6, 6.07) is 5.01. The van der Waals surface area contributed by atoms with Crippen LogP contribution in [0.4, 0.5) is 4.79 Å². The Morgan fingerprint density at radius 2 is 1.92 bits per heavy atom. The predicted octanol–water partition coefficient (Wildman–Crippen LogP) is 3.02. The number of fused-ring (bicyclic) bond motifs is 1. The third-order valence-corrected chi connectivity index (χ3v) is 6.41. The Balaban J connectivity index is 1.89. The van der Waals surface area contributed by atoms with Gasteiger partial charge in [0.1, 0.15) is 5.60 Å². The van der Waals surface area contributed by atoms with Crippen molar-refractivity contribution in [3.63, 3.8) is 0 Å². The van der Waals surface area contributed by atoms with Crippen LogP contribution in [0.3, 0.4) is 0 Å². The Labute approximate surface area is 142 Å². The number of hydrogen-bond acceptors (Lipinski definition) is 5. The van der Waals surface area contributed by atoms with E-state index in [1.54, 1.807) is 39.0 Å². The molecule has 1 fully saturated rings. The average molecular weight is 353 g/mol. The van der Waals surface area contributed by atoms with E-state index in [-0.39, 0.29) is 11.8 Å². The first kappa shape index (κ1) is 17.2. The number of ether oxygens (including phenoxy) is 2. The number of hydrogen-bond donors (Lipinski definition) is 0. The van der Waals surface area contributed by atoms with Gasteiger partial charge in [0.2, 0.25) is 0 Å². The molecule has 3 rings (SSSR count). The lowest BCUT2D eigenvalue weighted by molar-refractivity contribution is -0.0448. The third-order valence-electron chi connectivity index (χ3n) is 4.15. The molecule has 1 aromatic rings. The molecule has 0 radical (unpaired) electrons. The van der Waals surface area contributed by atoms with E-state index in [9.17, 15) is 13.2 Å². The van der Waals surface area contributed by atoms with E-state index in [4.69, 9.17) is 9.47 Å². The van der Waals surface area contributed by atoms with E-state index in [2.05, 4.69) is 0 Å². The van der Waals surface area contributed by atoms with Crippen molar-refractivity contribution in [1.82, 2.24) is 4.90 Å². The zero-order valence-electron chi connectivity index (χ0n) is 14.4. The van der Waals surface area contributed by atoms with E-state index in [0.717, 1.165) is 24.0 Å². The van der Waals surface area contributed by atoms with Gasteiger partial charge in [-0.2, -0.15) is 0 Å². The minimum atomic E-state index is -3.25. The van der Waals surface area contributed by atoms with Crippen LogP contribution in [0.5, 0.6) is 0 Å². The Hall–Kier alpha value is -1.60. The molecule has 1 atom stereocenters. The smallest absolute Gasteiger partial charge is 0.412 e. The van der Waals surface area contributed by atoms with Gasteiger partial charge in [0.25, 0.3) is 0 Å². The molecule has 7 heteroatoms. The highest BCUT2D eigenvalue weighted by Crippen LogP contribution is 2.39. The fourth-order valence-electron chi connectivity index (χ4n) is 2.88. The maximum atomic E-state index is 12.4. The number of carbonyl (C=O) groups is 1. The number of rotatable bonds is 3. The van der Waals surface area contributed by atoms with Crippen LogP contribution in [-0.2, 0) is 25.9 Å². The first-order chi connectivity index (χ1) is 11.1. The molecule has 1 amide bonds. The summed E-state index contributed by atoms with van der Waals surface area (Å²) < 4.78 is 35.7. The van der Waals surface area contributed by atoms with Gasteiger partial charge < -0.3 is 9.47 Å². The second-order valence-electron chi connectivity index (χ2n) is 7.30. The molecule has 0 saturated heterocycles. The van der Waals surface area contributed by atoms with Crippen molar-refractivity contribution in [2.75, 3.05) is 7.11 Å². The van der Waals surface area contributed by atoms with Crippen molar-refractivity contribution in [2.45, 2.75) is 62.1 Å². The van der Waals surface area contributed by atoms with E-state index >= 15 is 0 Å². The fraction of sp³-hybridized carbons (Fsp3) is 0.588. The van der Waals surface area contributed by atoms with Gasteiger partial charge in [-0.25, -0.2) is 13.2 Å². The van der Waals surface area contributed by atoms with Crippen LogP contribution < -0.4 is 0 Å². The fourth-order valence-corrected chi connectivity index (χ4v) is 4.58. The van der Waals surface area contributed by atoms with Gasteiger partial charge in [-0.1, -0.05) is 6.07 Å². The van der Waals surface area contributed by atoms with Gasteiger partial charge in [0.15, 0.2) is 16.1 Å². The minimum absolute atomic E-state index is 0.253. The summed E-state index contributed by atoms with van der Waals surface area (Å²) in [6.07, 6.45) is 0.415. The first-order valence-corrected chi connectivity index (χ1v) is 9.57. The molecule has 1 aliphatic heterocycles. The Bertz CT molecular complexity index is 762. The van der Waals surface area contributed by atoms with Gasteiger partial charge >= 0.3 is 6.09 Å². The van der Waals surface area contributed by atoms with E-state index in [0.29, 0.717) is 4.90 Å². The topological polar surface area (TPSA) is 72.9 Å². The number of methoxy groups -OCH3 is 1. The summed E-state index contributed by atoms with van der Waals surface area (Å²) in [5, 5.41) is -0.253. The van der Waals surface area contributed by atoms with Crippen LogP contribution >= 0.6 is 0 Å². The summed E-state index contributed by atoms with van der Waals surface area (Å²) in [5.41, 5.74) is 0.984. The van der Waals surface area contributed by atoms with Crippen molar-refractivity contribution in [1.29, 1.82) is 0 Å². The number of sulfone groups is 1. The number of amides is 1. The van der Waals surface area contributed by atoms with Crippen molar-refractivity contribution in [3.05, 3.63) is 29.3 Å². The SMILES string of the molecule is COC1c2ccc(S(=O)(=O)C3CC3)cc2CN1C(=O)OC(C)(C)C. The monoisotopic (exact) mass is 353 g/mol. The molecule has 0 aromatic heterocycles. The molecule has 1 heterocycles. The van der Waals surface area contributed by atoms with Crippen molar-refractivity contribution in [2.24, 2.45) is 0 Å². The summed E-state index contributed by atoms with van der Waals surface area (Å²) in [6.45, 7) is 5.68. The standard InChI is InChI=1S/C17H23NO5S/c1-17(2,3)23-16(19)18-10-11-9-13(24(20,21)12-5-6-12)7-8-14(11)15(18)22-4/h7-9,12,15H,5-6,10H2,1-4H3. The predicted molar refractivity (Wildman–Crippen MR) is 88.2 cm³/mol. The summed E-state index contributed by atoms with van der Waals surface area (Å²) in [7, 11) is -1.73. The zero-order valence-corrected chi connectivity index (χ0v) is 15.2. The maximum absolute atomic E-state index is 12.4. The van der Waals surface area contributed by atoms with Crippen molar-refractivity contribution in [3.8, 4) is 0 Å². The molecule has 0 N–H and O–H groups in total. The van der Waals surface area contributed by atoms with Gasteiger partial charge in [-0.15, -0.1) is 0 Å². The van der Waals surface area contributed by atoms with Crippen LogP contribution in [0.2, 0.25) is 0 Å². The van der Waals surface area contributed by atoms with Gasteiger partial charge in [-0.05, 0) is 51.3 Å². The first-order valence-electron chi connectivity index (χ1n) is 8.02. The Morgan fingerprint density at radius 3 is 2.46 bits per heavy atom. The number of benzene rings is 1. The molecule has 1 aliphatic carbocycles. The maximum Gasteiger partial charge on any atom is 0.412 e. The van der Waals surface area contributed by atoms with Crippen molar-refractivity contribution >= 4 is 15.9 Å². The minimum Gasteiger partial charge on any atom is -0.444 e. The number of carbonyl (C=O) groups excluding carboxylic acids is 1. The Kier molecular flexibility index (Phi) is 4.12. The molecule has 6 nitrogen and oxygen atoms in total. The molecular weight excluding hydrogens is 330 g/mol. The van der Waals surface area contributed by atoms with Crippen LogP contribution in [0.15, 0.2) is 23.1 Å². The van der Waals surface area contributed by atoms with E-state index < -0.39 is 27.8 Å². The van der Waals surface area contributed by atoms with Crippen LogP contribution in [-0.4, -0.2) is 37.4 Å². The van der Waals surface area contributed by atoms with E-state index in [1.807, 2.05) is 0 Å². The van der Waals surface area contributed by atoms with Crippen LogP contribution in [0.1, 0.15) is 51.0 Å². The molecule has 0 bridgehead atoms. The molecule has 1 saturated carbocycles. The highest BCUT2D eigenvalue weighted by Gasteiger charge is 2.40. The Morgan fingerprint density at radius 1 is 1.25 bits per heavy atom. The lowest BCUT2D eigenvalue weighted by atomic mass is 10.1. The van der Waals surface area contributed by atoms with Crippen LogP contribution in [0, 0.1) is 0 Å². The molecule has 24 heavy (non-hydrogen) atoms. The lowest BCUT2D eigenvalue weighted by Crippen LogP contribution is -2.36. The molecule has 1 aromatic carbocycles. The second kappa shape index (κ2) is 5.74. The van der Waals surface area contributed by atoms with Gasteiger partial charge in [-0.3, -0.25) is 4.90 Å². The summed E-state index contributed by atoms with van der Waals surface area (Å²) in [5.74, 6) is 0. The summed E-state index contributed by atoms with van der Waals surface area (Å²) in [4.78, 5) is 14.2. The normalized spacial score (nSPS) is 20.8. The number of nitrogens with zero attached hydrogens (tertiary/aromatic N) is 1. The zero-order chi connectivity index (χ0) is 17.7. The summed E-state index contributed by atoms with van der Waals surface area (Å²) >= 11 is 0. The van der Waals surface area contributed by atoms with Gasteiger partial charge in [0, 0.05) is 12.7 Å².